The van der Waals surface area contributed by atoms with E-state index in [2.05, 4.69) is 36.3 Å². The molecule has 5 nitrogen and oxygen atoms in total. The van der Waals surface area contributed by atoms with Crippen molar-refractivity contribution in [2.45, 2.75) is 39.7 Å². The van der Waals surface area contributed by atoms with Crippen LogP contribution in [0.4, 0.5) is 0 Å². The Labute approximate surface area is 158 Å². The molecule has 1 unspecified atom stereocenters. The van der Waals surface area contributed by atoms with Crippen LogP contribution in [0.25, 0.3) is 0 Å². The molecular formula is C17H33IN4O. The van der Waals surface area contributed by atoms with Crippen molar-refractivity contribution in [2.24, 2.45) is 10.9 Å². The van der Waals surface area contributed by atoms with Crippen LogP contribution in [-0.2, 0) is 0 Å². The van der Waals surface area contributed by atoms with E-state index in [1.54, 1.807) is 6.26 Å². The first kappa shape index (κ1) is 22.2. The highest BCUT2D eigenvalue weighted by molar-refractivity contribution is 14.0. The summed E-state index contributed by atoms with van der Waals surface area (Å²) >= 11 is 0. The Morgan fingerprint density at radius 3 is 2.57 bits per heavy atom. The summed E-state index contributed by atoms with van der Waals surface area (Å²) < 4.78 is 5.52. The van der Waals surface area contributed by atoms with E-state index in [9.17, 15) is 0 Å². The second-order valence-electron chi connectivity index (χ2n) is 6.18. The summed E-state index contributed by atoms with van der Waals surface area (Å²) in [5.41, 5.74) is 0. The van der Waals surface area contributed by atoms with Crippen LogP contribution in [0.2, 0.25) is 0 Å². The first-order valence-corrected chi connectivity index (χ1v) is 8.26. The lowest BCUT2D eigenvalue weighted by Gasteiger charge is -2.21. The number of guanidine groups is 1. The van der Waals surface area contributed by atoms with Crippen LogP contribution in [0.1, 0.15) is 45.4 Å². The van der Waals surface area contributed by atoms with Crippen LogP contribution >= 0.6 is 24.0 Å². The molecule has 134 valence electrons. The summed E-state index contributed by atoms with van der Waals surface area (Å²) in [6.07, 6.45) is 4.11. The third-order valence-electron chi connectivity index (χ3n) is 3.51. The summed E-state index contributed by atoms with van der Waals surface area (Å²) in [4.78, 5) is 6.83. The predicted molar refractivity (Wildman–Crippen MR) is 109 cm³/mol. The minimum absolute atomic E-state index is 0. The Balaban J connectivity index is 0.00000484. The highest BCUT2D eigenvalue weighted by Crippen LogP contribution is 2.18. The van der Waals surface area contributed by atoms with Gasteiger partial charge >= 0.3 is 0 Å². The number of furan rings is 1. The Bertz CT molecular complexity index is 418. The Morgan fingerprint density at radius 2 is 2.04 bits per heavy atom. The van der Waals surface area contributed by atoms with E-state index in [0.29, 0.717) is 6.54 Å². The average molecular weight is 436 g/mol. The standard InChI is InChI=1S/C17H32N4O.HI/c1-6-18-17(19-11-7-9-14(2)3)20-13-15(21(4)5)16-10-8-12-22-16;/h8,10,12,14-15H,6-7,9,11,13H2,1-5H3,(H2,18,19,20);1H. The molecule has 6 heteroatoms. The van der Waals surface area contributed by atoms with Crippen molar-refractivity contribution in [1.82, 2.24) is 15.5 Å². The van der Waals surface area contributed by atoms with Gasteiger partial charge in [-0.1, -0.05) is 13.8 Å². The zero-order valence-electron chi connectivity index (χ0n) is 15.1. The number of nitrogens with zero attached hydrogens (tertiary/aromatic N) is 2. The summed E-state index contributed by atoms with van der Waals surface area (Å²) in [6.45, 7) is 9.08. The number of hydrogen-bond donors (Lipinski definition) is 2. The predicted octanol–water partition coefficient (Wildman–Crippen LogP) is 3.49. The van der Waals surface area contributed by atoms with Gasteiger partial charge in [0.2, 0.25) is 0 Å². The van der Waals surface area contributed by atoms with Crippen molar-refractivity contribution in [3.8, 4) is 0 Å². The Kier molecular flexibility index (Phi) is 12.2. The van der Waals surface area contributed by atoms with E-state index < -0.39 is 0 Å². The van der Waals surface area contributed by atoms with Crippen molar-refractivity contribution in [1.29, 1.82) is 0 Å². The lowest BCUT2D eigenvalue weighted by atomic mass is 10.1. The SMILES string of the molecule is CCNC(=NCC(c1ccco1)N(C)C)NCCCC(C)C.I. The van der Waals surface area contributed by atoms with Gasteiger partial charge in [0.1, 0.15) is 5.76 Å². The molecule has 0 spiro atoms. The van der Waals surface area contributed by atoms with E-state index in [4.69, 9.17) is 9.41 Å². The lowest BCUT2D eigenvalue weighted by molar-refractivity contribution is 0.265. The molecule has 1 atom stereocenters. The number of hydrogen-bond acceptors (Lipinski definition) is 3. The van der Waals surface area contributed by atoms with Crippen LogP contribution in [-0.4, -0.2) is 44.6 Å². The molecule has 1 heterocycles. The first-order chi connectivity index (χ1) is 10.5. The van der Waals surface area contributed by atoms with E-state index in [1.807, 2.05) is 26.2 Å². The minimum Gasteiger partial charge on any atom is -0.468 e. The van der Waals surface area contributed by atoms with Gasteiger partial charge in [-0.3, -0.25) is 9.89 Å². The molecule has 0 aromatic carbocycles. The molecule has 0 aliphatic rings. The van der Waals surface area contributed by atoms with Crippen LogP contribution in [0.3, 0.4) is 0 Å². The van der Waals surface area contributed by atoms with Gasteiger partial charge in [0.15, 0.2) is 5.96 Å². The van der Waals surface area contributed by atoms with Crippen LogP contribution in [0.15, 0.2) is 27.8 Å². The number of rotatable bonds is 9. The monoisotopic (exact) mass is 436 g/mol. The van der Waals surface area contributed by atoms with E-state index in [0.717, 1.165) is 37.1 Å². The van der Waals surface area contributed by atoms with Gasteiger partial charge in [-0.2, -0.15) is 0 Å². The van der Waals surface area contributed by atoms with Crippen molar-refractivity contribution in [2.75, 3.05) is 33.7 Å². The van der Waals surface area contributed by atoms with Crippen molar-refractivity contribution >= 4 is 29.9 Å². The lowest BCUT2D eigenvalue weighted by Crippen LogP contribution is -2.38. The first-order valence-electron chi connectivity index (χ1n) is 8.26. The number of halogens is 1. The molecule has 1 aromatic rings. The van der Waals surface area contributed by atoms with Crippen molar-refractivity contribution < 1.29 is 4.42 Å². The summed E-state index contributed by atoms with van der Waals surface area (Å²) in [6, 6.07) is 4.08. The normalized spacial score (nSPS) is 13.1. The van der Waals surface area contributed by atoms with E-state index in [-0.39, 0.29) is 30.0 Å². The fourth-order valence-electron chi connectivity index (χ4n) is 2.23. The molecule has 0 fully saturated rings. The van der Waals surface area contributed by atoms with Crippen LogP contribution in [0, 0.1) is 5.92 Å². The fourth-order valence-corrected chi connectivity index (χ4v) is 2.23. The zero-order valence-corrected chi connectivity index (χ0v) is 17.5. The second kappa shape index (κ2) is 12.6. The molecule has 0 amide bonds. The third-order valence-corrected chi connectivity index (χ3v) is 3.51. The molecule has 0 saturated heterocycles. The number of likely N-dealkylation sites (N-methyl/N-ethyl adjacent to an activating group) is 1. The molecule has 0 radical (unpaired) electrons. The molecule has 0 aliphatic heterocycles. The van der Waals surface area contributed by atoms with Gasteiger partial charge in [-0.15, -0.1) is 24.0 Å². The van der Waals surface area contributed by atoms with Crippen molar-refractivity contribution in [3.05, 3.63) is 24.2 Å². The maximum absolute atomic E-state index is 5.52. The van der Waals surface area contributed by atoms with E-state index >= 15 is 0 Å². The smallest absolute Gasteiger partial charge is 0.191 e. The quantitative estimate of drug-likeness (QED) is 0.269. The van der Waals surface area contributed by atoms with Gasteiger partial charge in [-0.25, -0.2) is 0 Å². The maximum atomic E-state index is 5.52. The Morgan fingerprint density at radius 1 is 1.30 bits per heavy atom. The summed E-state index contributed by atoms with van der Waals surface area (Å²) in [5.74, 6) is 2.58. The van der Waals surface area contributed by atoms with Crippen LogP contribution in [0.5, 0.6) is 0 Å². The third kappa shape index (κ3) is 9.20. The molecule has 0 saturated carbocycles. The average Bonchev–Trinajstić information content (AvgIpc) is 2.97. The molecule has 2 N–H and O–H groups in total. The fraction of sp³-hybridized carbons (Fsp3) is 0.706. The van der Waals surface area contributed by atoms with Gasteiger partial charge < -0.3 is 15.1 Å². The van der Waals surface area contributed by atoms with Gasteiger partial charge in [0.25, 0.3) is 0 Å². The molecule has 1 aromatic heterocycles. The highest BCUT2D eigenvalue weighted by Gasteiger charge is 2.16. The van der Waals surface area contributed by atoms with Crippen LogP contribution < -0.4 is 10.6 Å². The molecule has 23 heavy (non-hydrogen) atoms. The molecular weight excluding hydrogens is 403 g/mol. The van der Waals surface area contributed by atoms with Gasteiger partial charge in [0, 0.05) is 13.1 Å². The minimum atomic E-state index is 0. The number of nitrogens with one attached hydrogen (secondary N) is 2. The molecule has 1 rings (SSSR count). The highest BCUT2D eigenvalue weighted by atomic mass is 127. The molecule has 0 aliphatic carbocycles. The number of aliphatic imine (C=N–C) groups is 1. The summed E-state index contributed by atoms with van der Waals surface area (Å²) in [5, 5.41) is 6.71. The van der Waals surface area contributed by atoms with Gasteiger partial charge in [-0.05, 0) is 51.9 Å². The maximum Gasteiger partial charge on any atom is 0.191 e. The van der Waals surface area contributed by atoms with Gasteiger partial charge in [0.05, 0.1) is 18.8 Å². The van der Waals surface area contributed by atoms with Crippen molar-refractivity contribution in [3.63, 3.8) is 0 Å². The Hall–Kier alpha value is -0.760. The topological polar surface area (TPSA) is 52.8 Å². The second-order valence-corrected chi connectivity index (χ2v) is 6.18. The summed E-state index contributed by atoms with van der Waals surface area (Å²) in [7, 11) is 4.09. The zero-order chi connectivity index (χ0) is 16.4. The van der Waals surface area contributed by atoms with E-state index in [1.165, 1.54) is 6.42 Å². The molecule has 0 bridgehead atoms. The largest absolute Gasteiger partial charge is 0.468 e.